The summed E-state index contributed by atoms with van der Waals surface area (Å²) in [6, 6.07) is 2.84. The van der Waals surface area contributed by atoms with Crippen molar-refractivity contribution in [2.24, 2.45) is 0 Å². The van der Waals surface area contributed by atoms with E-state index < -0.39 is 17.5 Å². The highest BCUT2D eigenvalue weighted by molar-refractivity contribution is 7.16. The molecule has 1 rings (SSSR count). The number of rotatable bonds is 5. The third-order valence-electron chi connectivity index (χ3n) is 2.94. The zero-order valence-electron chi connectivity index (χ0n) is 11.0. The molecule has 106 valence electrons. The van der Waals surface area contributed by atoms with Crippen molar-refractivity contribution >= 4 is 34.9 Å². The van der Waals surface area contributed by atoms with E-state index in [1.54, 1.807) is 13.0 Å². The molecule has 19 heavy (non-hydrogen) atoms. The third-order valence-corrected chi connectivity index (χ3v) is 4.35. The fourth-order valence-electron chi connectivity index (χ4n) is 1.41. The van der Waals surface area contributed by atoms with Gasteiger partial charge < -0.3 is 15.7 Å². The first kappa shape index (κ1) is 15.8. The van der Waals surface area contributed by atoms with Crippen LogP contribution in [0.3, 0.4) is 0 Å². The molecule has 5 nitrogen and oxygen atoms in total. The smallest absolute Gasteiger partial charge is 0.329 e. The van der Waals surface area contributed by atoms with E-state index in [-0.39, 0.29) is 6.04 Å². The summed E-state index contributed by atoms with van der Waals surface area (Å²) in [5, 5.41) is 14.2. The lowest BCUT2D eigenvalue weighted by molar-refractivity contribution is -0.143. The van der Waals surface area contributed by atoms with Gasteiger partial charge in [0.15, 0.2) is 0 Å². The standard InChI is InChI=1S/C12H17ClN2O3S/c1-4-12(3,10(16)17)15-11(18)14-7(2)8-5-6-9(13)19-8/h5-7H,4H2,1-3H3,(H,16,17)(H2,14,15,18). The highest BCUT2D eigenvalue weighted by Crippen LogP contribution is 2.26. The molecule has 2 unspecified atom stereocenters. The molecule has 0 saturated carbocycles. The first-order chi connectivity index (χ1) is 8.78. The zero-order valence-corrected chi connectivity index (χ0v) is 12.6. The number of thiophene rings is 1. The molecule has 3 N–H and O–H groups in total. The van der Waals surface area contributed by atoms with Crippen LogP contribution >= 0.6 is 22.9 Å². The summed E-state index contributed by atoms with van der Waals surface area (Å²) in [5.41, 5.74) is -1.27. The van der Waals surface area contributed by atoms with E-state index in [0.29, 0.717) is 10.8 Å². The molecular weight excluding hydrogens is 288 g/mol. The molecule has 0 aliphatic carbocycles. The summed E-state index contributed by atoms with van der Waals surface area (Å²) in [6.07, 6.45) is 0.301. The molecule has 0 bridgehead atoms. The van der Waals surface area contributed by atoms with Gasteiger partial charge in [0.1, 0.15) is 5.54 Å². The Kier molecular flexibility index (Phi) is 5.20. The predicted octanol–water partition coefficient (Wildman–Crippen LogP) is 3.02. The van der Waals surface area contributed by atoms with Crippen LogP contribution in [0.25, 0.3) is 0 Å². The number of carbonyl (C=O) groups is 2. The Morgan fingerprint density at radius 2 is 2.16 bits per heavy atom. The quantitative estimate of drug-likeness (QED) is 0.782. The van der Waals surface area contributed by atoms with Crippen LogP contribution in [0.1, 0.15) is 38.1 Å². The van der Waals surface area contributed by atoms with Crippen LogP contribution in [0.5, 0.6) is 0 Å². The number of hydrogen-bond donors (Lipinski definition) is 3. The summed E-state index contributed by atoms with van der Waals surface area (Å²) in [6.45, 7) is 4.99. The van der Waals surface area contributed by atoms with Gasteiger partial charge in [-0.2, -0.15) is 0 Å². The number of aliphatic carboxylic acids is 1. The first-order valence-electron chi connectivity index (χ1n) is 5.86. The predicted molar refractivity (Wildman–Crippen MR) is 75.7 cm³/mol. The Balaban J connectivity index is 2.63. The van der Waals surface area contributed by atoms with Crippen molar-refractivity contribution in [3.8, 4) is 0 Å². The van der Waals surface area contributed by atoms with E-state index in [2.05, 4.69) is 10.6 Å². The number of carboxylic acids is 1. The normalized spacial score (nSPS) is 15.4. The monoisotopic (exact) mass is 304 g/mol. The number of amides is 2. The molecule has 0 aliphatic rings. The van der Waals surface area contributed by atoms with Crippen LogP contribution in [0.4, 0.5) is 4.79 Å². The van der Waals surface area contributed by atoms with Crippen molar-refractivity contribution in [3.05, 3.63) is 21.3 Å². The van der Waals surface area contributed by atoms with Gasteiger partial charge in [-0.3, -0.25) is 0 Å². The molecule has 1 heterocycles. The van der Waals surface area contributed by atoms with E-state index in [4.69, 9.17) is 16.7 Å². The topological polar surface area (TPSA) is 78.4 Å². The van der Waals surface area contributed by atoms with Gasteiger partial charge >= 0.3 is 12.0 Å². The number of nitrogens with one attached hydrogen (secondary N) is 2. The highest BCUT2D eigenvalue weighted by atomic mass is 35.5. The lowest BCUT2D eigenvalue weighted by atomic mass is 10.00. The van der Waals surface area contributed by atoms with Crippen molar-refractivity contribution < 1.29 is 14.7 Å². The van der Waals surface area contributed by atoms with Crippen molar-refractivity contribution in [1.29, 1.82) is 0 Å². The Bertz CT molecular complexity index is 477. The number of urea groups is 1. The second-order valence-electron chi connectivity index (χ2n) is 4.45. The highest BCUT2D eigenvalue weighted by Gasteiger charge is 2.33. The summed E-state index contributed by atoms with van der Waals surface area (Å²) in [7, 11) is 0. The SMILES string of the molecule is CCC(C)(NC(=O)NC(C)c1ccc(Cl)s1)C(=O)O. The lowest BCUT2D eigenvalue weighted by Crippen LogP contribution is -2.55. The Hall–Kier alpha value is -1.27. The maximum absolute atomic E-state index is 11.8. The van der Waals surface area contributed by atoms with E-state index in [9.17, 15) is 9.59 Å². The van der Waals surface area contributed by atoms with Gasteiger partial charge in [0.25, 0.3) is 0 Å². The second kappa shape index (κ2) is 6.25. The summed E-state index contributed by atoms with van der Waals surface area (Å²) in [5.74, 6) is -1.06. The fourth-order valence-corrected chi connectivity index (χ4v) is 2.47. The van der Waals surface area contributed by atoms with Crippen LogP contribution < -0.4 is 10.6 Å². The van der Waals surface area contributed by atoms with Crippen LogP contribution in [0.2, 0.25) is 4.34 Å². The maximum Gasteiger partial charge on any atom is 0.329 e. The van der Waals surface area contributed by atoms with Crippen LogP contribution in [0, 0.1) is 0 Å². The Labute approximate surface area is 121 Å². The molecule has 0 aliphatic heterocycles. The lowest BCUT2D eigenvalue weighted by Gasteiger charge is -2.25. The molecule has 2 atom stereocenters. The Morgan fingerprint density at radius 3 is 2.58 bits per heavy atom. The largest absolute Gasteiger partial charge is 0.480 e. The Morgan fingerprint density at radius 1 is 1.53 bits per heavy atom. The molecule has 0 radical (unpaired) electrons. The van der Waals surface area contributed by atoms with Gasteiger partial charge in [0.05, 0.1) is 10.4 Å². The number of carboxylic acid groups (broad SMARTS) is 1. The van der Waals surface area contributed by atoms with Gasteiger partial charge in [-0.15, -0.1) is 11.3 Å². The zero-order chi connectivity index (χ0) is 14.6. The van der Waals surface area contributed by atoms with Gasteiger partial charge in [-0.25, -0.2) is 9.59 Å². The van der Waals surface area contributed by atoms with Crippen molar-refractivity contribution in [3.63, 3.8) is 0 Å². The second-order valence-corrected chi connectivity index (χ2v) is 6.20. The number of halogens is 1. The number of carbonyl (C=O) groups excluding carboxylic acids is 1. The van der Waals surface area contributed by atoms with Crippen molar-refractivity contribution in [2.45, 2.75) is 38.8 Å². The average molecular weight is 305 g/mol. The van der Waals surface area contributed by atoms with Crippen LogP contribution in [-0.2, 0) is 4.79 Å². The molecule has 0 aromatic carbocycles. The maximum atomic E-state index is 11.8. The van der Waals surface area contributed by atoms with E-state index in [1.165, 1.54) is 18.3 Å². The summed E-state index contributed by atoms with van der Waals surface area (Å²) >= 11 is 7.20. The van der Waals surface area contributed by atoms with Gasteiger partial charge in [0, 0.05) is 4.88 Å². The molecular formula is C12H17ClN2O3S. The van der Waals surface area contributed by atoms with Crippen LogP contribution in [-0.4, -0.2) is 22.6 Å². The van der Waals surface area contributed by atoms with Crippen LogP contribution in [0.15, 0.2) is 12.1 Å². The molecule has 2 amide bonds. The molecule has 0 saturated heterocycles. The van der Waals surface area contributed by atoms with Gasteiger partial charge in [0.2, 0.25) is 0 Å². The minimum Gasteiger partial charge on any atom is -0.480 e. The van der Waals surface area contributed by atoms with E-state index >= 15 is 0 Å². The molecule has 7 heteroatoms. The molecule has 1 aromatic rings. The average Bonchev–Trinajstić information content (AvgIpc) is 2.75. The third kappa shape index (κ3) is 4.11. The van der Waals surface area contributed by atoms with Gasteiger partial charge in [-0.1, -0.05) is 18.5 Å². The van der Waals surface area contributed by atoms with Crippen molar-refractivity contribution in [2.75, 3.05) is 0 Å². The summed E-state index contributed by atoms with van der Waals surface area (Å²) in [4.78, 5) is 23.8. The number of hydrogen-bond acceptors (Lipinski definition) is 3. The van der Waals surface area contributed by atoms with E-state index in [0.717, 1.165) is 4.88 Å². The molecule has 1 aromatic heterocycles. The minimum atomic E-state index is -1.27. The summed E-state index contributed by atoms with van der Waals surface area (Å²) < 4.78 is 0.646. The minimum absolute atomic E-state index is 0.229. The fraction of sp³-hybridized carbons (Fsp3) is 0.500. The van der Waals surface area contributed by atoms with E-state index in [1.807, 2.05) is 13.0 Å². The van der Waals surface area contributed by atoms with Crippen molar-refractivity contribution in [1.82, 2.24) is 10.6 Å². The molecule has 0 fully saturated rings. The molecule has 0 spiro atoms. The van der Waals surface area contributed by atoms with Gasteiger partial charge in [-0.05, 0) is 32.4 Å². The first-order valence-corrected chi connectivity index (χ1v) is 7.05.